The molecule has 0 aliphatic heterocycles. The Bertz CT molecular complexity index is 292. The first-order valence-corrected chi connectivity index (χ1v) is 7.97. The molecule has 0 aromatic carbocycles. The van der Waals surface area contributed by atoms with E-state index in [9.17, 15) is 8.42 Å². The fourth-order valence-corrected chi connectivity index (χ4v) is 3.61. The van der Waals surface area contributed by atoms with Crippen molar-refractivity contribution in [3.05, 3.63) is 0 Å². The molecular weight excluding hydrogens is 234 g/mol. The number of hydrogen-bond acceptors (Lipinski definition) is 4. The molecule has 0 radical (unpaired) electrons. The molecule has 0 aromatic heterocycles. The van der Waals surface area contributed by atoms with Crippen molar-refractivity contribution in [3.8, 4) is 0 Å². The average molecular weight is 253 g/mol. The highest BCUT2D eigenvalue weighted by Gasteiger charge is 2.29. The van der Waals surface area contributed by atoms with E-state index >= 15 is 0 Å². The van der Waals surface area contributed by atoms with Gasteiger partial charge in [-0.25, -0.2) is 13.1 Å². The van der Waals surface area contributed by atoms with Crippen LogP contribution in [0.15, 0.2) is 0 Å². The molecule has 0 heterocycles. The highest BCUT2D eigenvalue weighted by Crippen LogP contribution is 2.28. The van der Waals surface area contributed by atoms with Crippen LogP contribution in [0, 0.1) is 0 Å². The van der Waals surface area contributed by atoms with E-state index < -0.39 is 15.3 Å². The quantitative estimate of drug-likeness (QED) is 0.752. The number of rotatable bonds is 5. The molecule has 4 nitrogen and oxygen atoms in total. The maximum Gasteiger partial charge on any atom is 0.216 e. The third-order valence-electron chi connectivity index (χ3n) is 2.84. The number of aliphatic hydroxyl groups excluding tert-OH is 1. The lowest BCUT2D eigenvalue weighted by molar-refractivity contribution is 0.294. The highest BCUT2D eigenvalue weighted by molar-refractivity contribution is 7.99. The molecule has 3 atom stereocenters. The lowest BCUT2D eigenvalue weighted by Crippen LogP contribution is -2.40. The van der Waals surface area contributed by atoms with Gasteiger partial charge in [0, 0.05) is 11.3 Å². The van der Waals surface area contributed by atoms with Gasteiger partial charge in [-0.1, -0.05) is 0 Å². The molecule has 1 aliphatic carbocycles. The fourth-order valence-electron chi connectivity index (χ4n) is 1.71. The molecule has 0 spiro atoms. The maximum absolute atomic E-state index is 11.6. The van der Waals surface area contributed by atoms with Crippen molar-refractivity contribution in [2.75, 3.05) is 12.9 Å². The molecular formula is C9H19NO3S2. The van der Waals surface area contributed by atoms with Crippen LogP contribution in [-0.4, -0.2) is 42.9 Å². The summed E-state index contributed by atoms with van der Waals surface area (Å²) in [4.78, 5) is 0. The lowest BCUT2D eigenvalue weighted by Gasteiger charge is -2.16. The van der Waals surface area contributed by atoms with E-state index in [0.717, 1.165) is 19.3 Å². The van der Waals surface area contributed by atoms with Gasteiger partial charge in [0.2, 0.25) is 10.0 Å². The van der Waals surface area contributed by atoms with E-state index in [2.05, 4.69) is 11.0 Å². The third-order valence-corrected chi connectivity index (χ3v) is 5.80. The normalized spacial score (nSPS) is 29.3. The second-order valence-corrected chi connectivity index (χ2v) is 7.29. The van der Waals surface area contributed by atoms with Crippen molar-refractivity contribution < 1.29 is 13.5 Å². The predicted molar refractivity (Wildman–Crippen MR) is 63.5 cm³/mol. The Balaban J connectivity index is 2.49. The van der Waals surface area contributed by atoms with Gasteiger partial charge in [0.15, 0.2) is 0 Å². The smallest absolute Gasteiger partial charge is 0.216 e. The summed E-state index contributed by atoms with van der Waals surface area (Å²) in [6.07, 6.45) is 4.93. The van der Waals surface area contributed by atoms with Crippen molar-refractivity contribution in [3.63, 3.8) is 0 Å². The Kier molecular flexibility index (Phi) is 4.89. The lowest BCUT2D eigenvalue weighted by atomic mass is 10.3. The number of nitrogens with one attached hydrogen (secondary N) is 1. The molecule has 90 valence electrons. The Labute approximate surface area is 95.9 Å². The van der Waals surface area contributed by atoms with E-state index in [4.69, 9.17) is 5.11 Å². The third kappa shape index (κ3) is 3.62. The molecule has 3 unspecified atom stereocenters. The Morgan fingerprint density at radius 1 is 1.53 bits per heavy atom. The van der Waals surface area contributed by atoms with Crippen LogP contribution in [0.3, 0.4) is 0 Å². The molecule has 0 saturated heterocycles. The van der Waals surface area contributed by atoms with Gasteiger partial charge >= 0.3 is 0 Å². The Morgan fingerprint density at radius 2 is 2.20 bits per heavy atom. The van der Waals surface area contributed by atoms with Gasteiger partial charge in [-0.15, -0.1) is 0 Å². The van der Waals surface area contributed by atoms with Crippen LogP contribution in [0.4, 0.5) is 0 Å². The van der Waals surface area contributed by atoms with Gasteiger partial charge in [-0.05, 0) is 32.4 Å². The standard InChI is InChI=1S/C9H19NO3S2/c1-7(6-11)15(12,13)10-8-3-4-9(5-8)14-2/h7-11H,3-6H2,1-2H3. The van der Waals surface area contributed by atoms with Crippen molar-refractivity contribution in [1.29, 1.82) is 0 Å². The van der Waals surface area contributed by atoms with Crippen molar-refractivity contribution >= 4 is 21.8 Å². The summed E-state index contributed by atoms with van der Waals surface area (Å²) in [5.74, 6) is 0. The highest BCUT2D eigenvalue weighted by atomic mass is 32.2. The van der Waals surface area contributed by atoms with Crippen LogP contribution in [-0.2, 0) is 10.0 Å². The first-order chi connectivity index (χ1) is 6.99. The van der Waals surface area contributed by atoms with Gasteiger partial charge in [0.25, 0.3) is 0 Å². The number of aliphatic hydroxyl groups is 1. The summed E-state index contributed by atoms with van der Waals surface area (Å²) in [5.41, 5.74) is 0. The fraction of sp³-hybridized carbons (Fsp3) is 1.00. The van der Waals surface area contributed by atoms with Gasteiger partial charge in [0.1, 0.15) is 0 Å². The molecule has 6 heteroatoms. The van der Waals surface area contributed by atoms with Crippen molar-refractivity contribution in [2.24, 2.45) is 0 Å². The number of hydrogen-bond donors (Lipinski definition) is 2. The SMILES string of the molecule is CSC1CCC(NS(=O)(=O)C(C)CO)C1. The minimum atomic E-state index is -3.33. The van der Waals surface area contributed by atoms with Crippen LogP contribution >= 0.6 is 11.8 Å². The summed E-state index contributed by atoms with van der Waals surface area (Å²) in [6, 6.07) is 0.0569. The second-order valence-electron chi connectivity index (χ2n) is 4.02. The Morgan fingerprint density at radius 3 is 2.67 bits per heavy atom. The van der Waals surface area contributed by atoms with Crippen LogP contribution in [0.25, 0.3) is 0 Å². The molecule has 1 rings (SSSR count). The van der Waals surface area contributed by atoms with Crippen LogP contribution in [0.2, 0.25) is 0 Å². The molecule has 1 fully saturated rings. The zero-order chi connectivity index (χ0) is 11.5. The van der Waals surface area contributed by atoms with E-state index in [1.807, 2.05) is 0 Å². The van der Waals surface area contributed by atoms with Gasteiger partial charge in [-0.2, -0.15) is 11.8 Å². The van der Waals surface area contributed by atoms with E-state index in [-0.39, 0.29) is 12.6 Å². The molecule has 0 bridgehead atoms. The van der Waals surface area contributed by atoms with Crippen LogP contribution in [0.1, 0.15) is 26.2 Å². The second kappa shape index (κ2) is 5.52. The summed E-state index contributed by atoms with van der Waals surface area (Å²) in [5, 5.41) is 8.67. The Hall–Kier alpha value is 0.220. The molecule has 1 aliphatic rings. The van der Waals surface area contributed by atoms with Gasteiger partial charge in [0.05, 0.1) is 11.9 Å². The maximum atomic E-state index is 11.6. The topological polar surface area (TPSA) is 66.4 Å². The first kappa shape index (κ1) is 13.3. The zero-order valence-corrected chi connectivity index (χ0v) is 10.8. The summed E-state index contributed by atoms with van der Waals surface area (Å²) >= 11 is 1.79. The minimum Gasteiger partial charge on any atom is -0.395 e. The van der Waals surface area contributed by atoms with E-state index in [1.54, 1.807) is 11.8 Å². The molecule has 15 heavy (non-hydrogen) atoms. The number of sulfonamides is 1. The molecule has 1 saturated carbocycles. The van der Waals surface area contributed by atoms with E-state index in [0.29, 0.717) is 5.25 Å². The predicted octanol–water partition coefficient (Wildman–Crippen LogP) is 0.571. The molecule has 2 N–H and O–H groups in total. The summed E-state index contributed by atoms with van der Waals surface area (Å²) in [6.45, 7) is 1.19. The number of thioether (sulfide) groups is 1. The zero-order valence-electron chi connectivity index (χ0n) is 9.14. The van der Waals surface area contributed by atoms with Gasteiger partial charge < -0.3 is 5.11 Å². The monoisotopic (exact) mass is 253 g/mol. The van der Waals surface area contributed by atoms with Crippen LogP contribution in [0.5, 0.6) is 0 Å². The van der Waals surface area contributed by atoms with Crippen LogP contribution < -0.4 is 4.72 Å². The van der Waals surface area contributed by atoms with Gasteiger partial charge in [-0.3, -0.25) is 0 Å². The largest absolute Gasteiger partial charge is 0.395 e. The molecule has 0 aromatic rings. The van der Waals surface area contributed by atoms with E-state index in [1.165, 1.54) is 6.92 Å². The van der Waals surface area contributed by atoms with Crippen molar-refractivity contribution in [2.45, 2.75) is 42.7 Å². The summed E-state index contributed by atoms with van der Waals surface area (Å²) in [7, 11) is -3.33. The summed E-state index contributed by atoms with van der Waals surface area (Å²) < 4.78 is 25.9. The minimum absolute atomic E-state index is 0.0569. The average Bonchev–Trinajstić information content (AvgIpc) is 2.63. The first-order valence-electron chi connectivity index (χ1n) is 5.14. The van der Waals surface area contributed by atoms with Crippen molar-refractivity contribution in [1.82, 2.24) is 4.72 Å². The molecule has 0 amide bonds.